The van der Waals surface area contributed by atoms with Crippen LogP contribution in [0.4, 0.5) is 5.82 Å². The summed E-state index contributed by atoms with van der Waals surface area (Å²) in [6, 6.07) is 3.77. The van der Waals surface area contributed by atoms with E-state index in [4.69, 9.17) is 22.1 Å². The van der Waals surface area contributed by atoms with Crippen LogP contribution in [0.15, 0.2) is 30.7 Å². The van der Waals surface area contributed by atoms with E-state index in [1.54, 1.807) is 18.6 Å². The summed E-state index contributed by atoms with van der Waals surface area (Å²) in [7, 11) is 0. The topological polar surface area (TPSA) is 110 Å². The van der Waals surface area contributed by atoms with Crippen LogP contribution in [0.5, 0.6) is 0 Å². The number of halogens is 1. The van der Waals surface area contributed by atoms with Gasteiger partial charge in [0, 0.05) is 42.5 Å². The van der Waals surface area contributed by atoms with Gasteiger partial charge in [-0.25, -0.2) is 9.97 Å². The van der Waals surface area contributed by atoms with Gasteiger partial charge < -0.3 is 20.5 Å². The second-order valence-corrected chi connectivity index (χ2v) is 8.80. The minimum absolute atomic E-state index is 0. The minimum Gasteiger partial charge on any atom is -0.390 e. The molecule has 3 N–H and O–H groups in total. The summed E-state index contributed by atoms with van der Waals surface area (Å²) in [5.74, 6) is 0.707. The molecule has 2 atom stereocenters. The quantitative estimate of drug-likeness (QED) is 0.555. The van der Waals surface area contributed by atoms with E-state index in [0.29, 0.717) is 45.4 Å². The molecule has 0 unspecified atom stereocenters. The Morgan fingerprint density at radius 3 is 2.58 bits per heavy atom. The second kappa shape index (κ2) is 10.3. The van der Waals surface area contributed by atoms with Gasteiger partial charge in [-0.15, -0.1) is 0 Å². The maximum absolute atomic E-state index is 10.0. The Morgan fingerprint density at radius 1 is 1.18 bits per heavy atom. The fourth-order valence-corrected chi connectivity index (χ4v) is 5.06. The van der Waals surface area contributed by atoms with Crippen molar-refractivity contribution in [2.75, 3.05) is 24.6 Å². The van der Waals surface area contributed by atoms with Crippen LogP contribution in [-0.2, 0) is 11.3 Å². The van der Waals surface area contributed by atoms with Crippen molar-refractivity contribution in [3.05, 3.63) is 41.4 Å². The van der Waals surface area contributed by atoms with Crippen molar-refractivity contribution in [1.82, 2.24) is 19.9 Å². The van der Waals surface area contributed by atoms with Crippen LogP contribution in [0.2, 0.25) is 5.02 Å². The monoisotopic (exact) mass is 508 g/mol. The van der Waals surface area contributed by atoms with Crippen LogP contribution in [0.3, 0.4) is 0 Å². The molecule has 1 spiro atoms. The maximum atomic E-state index is 10.0. The summed E-state index contributed by atoms with van der Waals surface area (Å²) >= 11 is 6.59. The van der Waals surface area contributed by atoms with Crippen molar-refractivity contribution < 1.29 is 9.84 Å². The Balaban J connectivity index is 0.00000153. The van der Waals surface area contributed by atoms with Gasteiger partial charge in [-0.1, -0.05) is 11.6 Å². The average molecular weight is 509 g/mol. The highest BCUT2D eigenvalue weighted by atomic mass is 35.5. The molecule has 2 aromatic heterocycles. The number of anilines is 1. The Morgan fingerprint density at radius 2 is 1.91 bits per heavy atom. The van der Waals surface area contributed by atoms with E-state index in [0.717, 1.165) is 25.9 Å². The molecule has 1 aromatic carbocycles. The van der Waals surface area contributed by atoms with Crippen LogP contribution < -0.4 is 10.6 Å². The van der Waals surface area contributed by atoms with E-state index in [1.807, 2.05) is 19.1 Å². The first-order chi connectivity index (χ1) is 15.0. The Hall–Kier alpha value is -1.69. The first-order valence-electron chi connectivity index (χ1n) is 10.5. The van der Waals surface area contributed by atoms with Crippen molar-refractivity contribution in [1.29, 1.82) is 0 Å². The van der Waals surface area contributed by atoms with Gasteiger partial charge in [0.05, 0.1) is 41.7 Å². The van der Waals surface area contributed by atoms with Crippen LogP contribution in [0.1, 0.15) is 25.5 Å². The highest BCUT2D eigenvalue weighted by molar-refractivity contribution is 7.59. The van der Waals surface area contributed by atoms with Crippen molar-refractivity contribution in [2.24, 2.45) is 11.1 Å². The molecule has 8 nitrogen and oxygen atoms in total. The summed E-state index contributed by atoms with van der Waals surface area (Å²) in [4.78, 5) is 20.1. The first-order valence-corrected chi connectivity index (χ1v) is 10.9. The molecule has 5 rings (SSSR count). The van der Waals surface area contributed by atoms with Crippen molar-refractivity contribution in [2.45, 2.75) is 38.5 Å². The largest absolute Gasteiger partial charge is 0.390 e. The molecule has 3 aromatic rings. The minimum atomic E-state index is -0.206. The molecule has 0 bridgehead atoms. The van der Waals surface area contributed by atoms with Crippen LogP contribution in [0, 0.1) is 5.41 Å². The molecule has 0 amide bonds. The van der Waals surface area contributed by atoms with Gasteiger partial charge in [0.2, 0.25) is 0 Å². The summed E-state index contributed by atoms with van der Waals surface area (Å²) in [6.45, 7) is 4.16. The van der Waals surface area contributed by atoms with Gasteiger partial charge in [0.25, 0.3) is 0 Å². The maximum Gasteiger partial charge on any atom is 0.152 e. The predicted molar refractivity (Wildman–Crippen MR) is 140 cm³/mol. The molecular weight excluding hydrogens is 480 g/mol. The molecule has 178 valence electrons. The van der Waals surface area contributed by atoms with Gasteiger partial charge in [-0.05, 0) is 31.9 Å². The SMILES string of the molecule is C[C@@H]1OCC2(CCN(c3ncc(-c4ccc5nccnc5c4Cl)nc3CO)CC2)[C@@H]1N.S.S. The Bertz CT molecular complexity index is 1130. The zero-order valence-electron chi connectivity index (χ0n) is 18.3. The number of nitrogens with two attached hydrogens (primary N) is 1. The molecule has 0 saturated carbocycles. The lowest BCUT2D eigenvalue weighted by Crippen LogP contribution is -2.51. The highest BCUT2D eigenvalue weighted by Gasteiger charge is 2.47. The van der Waals surface area contributed by atoms with E-state index in [9.17, 15) is 5.11 Å². The zero-order valence-corrected chi connectivity index (χ0v) is 21.1. The second-order valence-electron chi connectivity index (χ2n) is 8.43. The number of rotatable bonds is 3. The van der Waals surface area contributed by atoms with Gasteiger partial charge in [0.15, 0.2) is 5.82 Å². The number of aliphatic hydroxyl groups is 1. The molecule has 0 radical (unpaired) electrons. The normalized spacial score (nSPS) is 21.6. The lowest BCUT2D eigenvalue weighted by atomic mass is 9.73. The first kappa shape index (κ1) is 25.9. The Kier molecular flexibility index (Phi) is 8.08. The smallest absolute Gasteiger partial charge is 0.152 e. The fourth-order valence-electron chi connectivity index (χ4n) is 4.76. The third kappa shape index (κ3) is 4.52. The number of nitrogens with zero attached hydrogens (tertiary/aromatic N) is 5. The molecule has 4 heterocycles. The molecule has 2 aliphatic heterocycles. The van der Waals surface area contributed by atoms with Crippen molar-refractivity contribution >= 4 is 55.4 Å². The third-order valence-corrected chi connectivity index (χ3v) is 7.12. The molecule has 2 aliphatic rings. The number of hydrogen-bond donors (Lipinski definition) is 2. The Labute approximate surface area is 211 Å². The number of fused-ring (bicyclic) bond motifs is 1. The fraction of sp³-hybridized carbons (Fsp3) is 0.455. The molecule has 33 heavy (non-hydrogen) atoms. The van der Waals surface area contributed by atoms with Crippen LogP contribution >= 0.6 is 38.6 Å². The molecule has 11 heteroatoms. The summed E-state index contributed by atoms with van der Waals surface area (Å²) < 4.78 is 5.82. The van der Waals surface area contributed by atoms with Crippen molar-refractivity contribution in [3.8, 4) is 11.3 Å². The zero-order chi connectivity index (χ0) is 21.6. The predicted octanol–water partition coefficient (Wildman–Crippen LogP) is 2.79. The number of piperidine rings is 1. The molecule has 0 aliphatic carbocycles. The summed E-state index contributed by atoms with van der Waals surface area (Å²) in [5, 5.41) is 10.5. The number of hydrogen-bond acceptors (Lipinski definition) is 8. The molecule has 2 saturated heterocycles. The molecule has 2 fully saturated rings. The van der Waals surface area contributed by atoms with E-state index < -0.39 is 0 Å². The molecular formula is C22H29ClN6O2S2. The highest BCUT2D eigenvalue weighted by Crippen LogP contribution is 2.42. The van der Waals surface area contributed by atoms with E-state index in [1.165, 1.54) is 0 Å². The summed E-state index contributed by atoms with van der Waals surface area (Å²) in [5.41, 5.74) is 9.63. The summed E-state index contributed by atoms with van der Waals surface area (Å²) in [6.07, 6.45) is 6.90. The van der Waals surface area contributed by atoms with Crippen molar-refractivity contribution in [3.63, 3.8) is 0 Å². The number of ether oxygens (including phenoxy) is 1. The van der Waals surface area contributed by atoms with Gasteiger partial charge in [-0.2, -0.15) is 27.0 Å². The number of aromatic nitrogens is 4. The van der Waals surface area contributed by atoms with Crippen LogP contribution in [-0.4, -0.2) is 56.9 Å². The van der Waals surface area contributed by atoms with E-state index in [2.05, 4.69) is 24.8 Å². The number of aliphatic hydroxyl groups excluding tert-OH is 1. The number of benzene rings is 1. The van der Waals surface area contributed by atoms with Gasteiger partial charge in [-0.3, -0.25) is 9.97 Å². The lowest BCUT2D eigenvalue weighted by Gasteiger charge is -2.41. The standard InChI is InChI=1S/C22H25ClN6O2.2H2S/c1-13-20(24)22(12-31-13)4-8-29(9-5-22)21-17(11-30)28-16(10-27-21)14-2-3-15-19(18(14)23)26-7-6-25-15;;/h2-3,6-7,10,13,20,30H,4-5,8-9,11-12,24H2,1H3;2*1H2/t13-,20+;;/m0../s1. The third-order valence-electron chi connectivity index (χ3n) is 6.73. The van der Waals surface area contributed by atoms with Crippen LogP contribution in [0.25, 0.3) is 22.3 Å². The average Bonchev–Trinajstić information content (AvgIpc) is 3.08. The van der Waals surface area contributed by atoms with Gasteiger partial charge >= 0.3 is 0 Å². The van der Waals surface area contributed by atoms with E-state index >= 15 is 0 Å². The lowest BCUT2D eigenvalue weighted by molar-refractivity contribution is 0.0973. The van der Waals surface area contributed by atoms with Gasteiger partial charge in [0.1, 0.15) is 11.2 Å². The van der Waals surface area contributed by atoms with E-state index in [-0.39, 0.29) is 51.2 Å².